The smallest absolute Gasteiger partial charge is 0.305 e. The molecule has 2 aromatic rings. The lowest BCUT2D eigenvalue weighted by molar-refractivity contribution is 1.40. The van der Waals surface area contributed by atoms with Gasteiger partial charge >= 0.3 is 4.87 Å². The zero-order valence-electron chi connectivity index (χ0n) is 5.73. The second-order valence-electron chi connectivity index (χ2n) is 2.28. The highest BCUT2D eigenvalue weighted by molar-refractivity contribution is 9.11. The van der Waals surface area contributed by atoms with Crippen LogP contribution in [0.1, 0.15) is 0 Å². The first-order valence-corrected chi connectivity index (χ1v) is 5.55. The Kier molecular flexibility index (Phi) is 2.10. The standard InChI is InChI=1S/C7H3Br2NOS/c8-3-1-4(9)6-5(2-3)12-7(11)10-6/h1-2H,(H,10,11). The van der Waals surface area contributed by atoms with Crippen molar-refractivity contribution < 1.29 is 0 Å². The summed E-state index contributed by atoms with van der Waals surface area (Å²) in [4.78, 5) is 13.7. The van der Waals surface area contributed by atoms with Crippen LogP contribution in [0.3, 0.4) is 0 Å². The average Bonchev–Trinajstić information content (AvgIpc) is 2.29. The normalized spacial score (nSPS) is 10.8. The Morgan fingerprint density at radius 2 is 2.08 bits per heavy atom. The minimum Gasteiger partial charge on any atom is -0.311 e. The highest BCUT2D eigenvalue weighted by Gasteiger charge is 2.03. The van der Waals surface area contributed by atoms with Crippen LogP contribution in [-0.4, -0.2) is 4.98 Å². The van der Waals surface area contributed by atoms with Gasteiger partial charge in [0.15, 0.2) is 0 Å². The molecule has 0 radical (unpaired) electrons. The fraction of sp³-hybridized carbons (Fsp3) is 0. The molecule has 12 heavy (non-hydrogen) atoms. The monoisotopic (exact) mass is 307 g/mol. The largest absolute Gasteiger partial charge is 0.311 e. The van der Waals surface area contributed by atoms with E-state index >= 15 is 0 Å². The number of hydrogen-bond donors (Lipinski definition) is 1. The van der Waals surface area contributed by atoms with Gasteiger partial charge in [0.05, 0.1) is 10.2 Å². The van der Waals surface area contributed by atoms with E-state index < -0.39 is 0 Å². The van der Waals surface area contributed by atoms with E-state index in [0.29, 0.717) is 0 Å². The van der Waals surface area contributed by atoms with E-state index in [-0.39, 0.29) is 4.87 Å². The third-order valence-corrected chi connectivity index (χ3v) is 3.36. The lowest BCUT2D eigenvalue weighted by atomic mass is 10.3. The molecule has 0 unspecified atom stereocenters. The topological polar surface area (TPSA) is 32.9 Å². The van der Waals surface area contributed by atoms with Crippen LogP contribution < -0.4 is 4.87 Å². The maximum absolute atomic E-state index is 11.0. The molecule has 1 N–H and O–H groups in total. The molecular weight excluding hydrogens is 306 g/mol. The molecule has 2 nitrogen and oxygen atoms in total. The number of hydrogen-bond acceptors (Lipinski definition) is 2. The van der Waals surface area contributed by atoms with Gasteiger partial charge in [-0.15, -0.1) is 0 Å². The van der Waals surface area contributed by atoms with Crippen LogP contribution in [0.2, 0.25) is 0 Å². The molecule has 0 amide bonds. The molecule has 0 aliphatic carbocycles. The minimum atomic E-state index is -0.0243. The van der Waals surface area contributed by atoms with E-state index in [2.05, 4.69) is 36.8 Å². The molecular formula is C7H3Br2NOS. The Labute approximate surface area is 88.9 Å². The summed E-state index contributed by atoms with van der Waals surface area (Å²) in [5, 5.41) is 0. The molecule has 1 aromatic carbocycles. The predicted molar refractivity (Wildman–Crippen MR) is 57.8 cm³/mol. The van der Waals surface area contributed by atoms with Crippen LogP contribution in [0.15, 0.2) is 25.9 Å². The maximum Gasteiger partial charge on any atom is 0.305 e. The van der Waals surface area contributed by atoms with E-state index in [0.717, 1.165) is 19.2 Å². The SMILES string of the molecule is O=c1[nH]c2c(Br)cc(Br)cc2s1. The second kappa shape index (κ2) is 2.97. The summed E-state index contributed by atoms with van der Waals surface area (Å²) in [5.41, 5.74) is 0.869. The number of benzene rings is 1. The maximum atomic E-state index is 11.0. The van der Waals surface area contributed by atoms with Gasteiger partial charge in [0, 0.05) is 8.95 Å². The first-order valence-electron chi connectivity index (χ1n) is 3.15. The van der Waals surface area contributed by atoms with Crippen molar-refractivity contribution in [3.8, 4) is 0 Å². The molecule has 0 fully saturated rings. The Morgan fingerprint density at radius 1 is 1.33 bits per heavy atom. The van der Waals surface area contributed by atoms with Crippen LogP contribution in [0.25, 0.3) is 10.2 Å². The second-order valence-corrected chi connectivity index (χ2v) is 5.06. The Morgan fingerprint density at radius 3 is 2.83 bits per heavy atom. The molecule has 0 bridgehead atoms. The van der Waals surface area contributed by atoms with Crippen LogP contribution in [-0.2, 0) is 0 Å². The summed E-state index contributed by atoms with van der Waals surface area (Å²) >= 11 is 7.93. The summed E-state index contributed by atoms with van der Waals surface area (Å²) in [5.74, 6) is 0. The number of aromatic nitrogens is 1. The van der Waals surface area contributed by atoms with Gasteiger partial charge in [-0.1, -0.05) is 27.3 Å². The molecule has 0 aliphatic heterocycles. The van der Waals surface area contributed by atoms with Crippen LogP contribution in [0, 0.1) is 0 Å². The fourth-order valence-electron chi connectivity index (χ4n) is 0.979. The van der Waals surface area contributed by atoms with Gasteiger partial charge in [0.2, 0.25) is 0 Å². The van der Waals surface area contributed by atoms with Crippen molar-refractivity contribution in [1.82, 2.24) is 4.98 Å². The molecule has 62 valence electrons. The molecule has 0 saturated carbocycles. The van der Waals surface area contributed by atoms with Gasteiger partial charge in [0.25, 0.3) is 0 Å². The zero-order chi connectivity index (χ0) is 8.72. The number of H-pyrrole nitrogens is 1. The Balaban J connectivity index is 2.97. The third kappa shape index (κ3) is 1.36. The number of halogens is 2. The molecule has 2 rings (SSSR count). The lowest BCUT2D eigenvalue weighted by Gasteiger charge is -1.93. The molecule has 5 heteroatoms. The summed E-state index contributed by atoms with van der Waals surface area (Å²) in [6.07, 6.45) is 0. The molecule has 0 aliphatic rings. The quantitative estimate of drug-likeness (QED) is 0.797. The van der Waals surface area contributed by atoms with Gasteiger partial charge in [-0.25, -0.2) is 0 Å². The van der Waals surface area contributed by atoms with Crippen LogP contribution in [0.4, 0.5) is 0 Å². The van der Waals surface area contributed by atoms with E-state index in [9.17, 15) is 4.79 Å². The number of nitrogens with one attached hydrogen (secondary N) is 1. The fourth-order valence-corrected chi connectivity index (χ4v) is 3.39. The predicted octanol–water partition coefficient (Wildman–Crippen LogP) is 3.11. The molecule has 0 saturated heterocycles. The minimum absolute atomic E-state index is 0.0243. The van der Waals surface area contributed by atoms with Crippen molar-refractivity contribution in [2.75, 3.05) is 0 Å². The van der Waals surface area contributed by atoms with Crippen molar-refractivity contribution in [2.45, 2.75) is 0 Å². The van der Waals surface area contributed by atoms with E-state index in [4.69, 9.17) is 0 Å². The van der Waals surface area contributed by atoms with Crippen molar-refractivity contribution in [2.24, 2.45) is 0 Å². The number of rotatable bonds is 0. The lowest BCUT2D eigenvalue weighted by Crippen LogP contribution is -1.89. The third-order valence-electron chi connectivity index (χ3n) is 1.45. The van der Waals surface area contributed by atoms with Crippen LogP contribution in [0.5, 0.6) is 0 Å². The van der Waals surface area contributed by atoms with Crippen LogP contribution >= 0.6 is 43.2 Å². The number of fused-ring (bicyclic) bond motifs is 1. The Bertz CT molecular complexity index is 488. The molecule has 1 aromatic heterocycles. The summed E-state index contributed by atoms with van der Waals surface area (Å²) < 4.78 is 2.84. The number of aromatic amines is 1. The first kappa shape index (κ1) is 8.47. The average molecular weight is 309 g/mol. The van der Waals surface area contributed by atoms with Crippen molar-refractivity contribution in [3.05, 3.63) is 30.7 Å². The van der Waals surface area contributed by atoms with Crippen molar-refractivity contribution in [3.63, 3.8) is 0 Å². The number of thiazole rings is 1. The summed E-state index contributed by atoms with van der Waals surface area (Å²) in [6, 6.07) is 3.83. The van der Waals surface area contributed by atoms with Gasteiger partial charge < -0.3 is 4.98 Å². The highest BCUT2D eigenvalue weighted by Crippen LogP contribution is 2.27. The van der Waals surface area contributed by atoms with Gasteiger partial charge in [0.1, 0.15) is 0 Å². The van der Waals surface area contributed by atoms with Crippen molar-refractivity contribution >= 4 is 53.4 Å². The van der Waals surface area contributed by atoms with Gasteiger partial charge in [-0.3, -0.25) is 4.79 Å². The Hall–Kier alpha value is -0.130. The molecule has 0 spiro atoms. The van der Waals surface area contributed by atoms with E-state index in [1.807, 2.05) is 12.1 Å². The van der Waals surface area contributed by atoms with E-state index in [1.54, 1.807) is 0 Å². The molecule has 1 heterocycles. The van der Waals surface area contributed by atoms with Crippen molar-refractivity contribution in [1.29, 1.82) is 0 Å². The first-order chi connectivity index (χ1) is 5.66. The summed E-state index contributed by atoms with van der Waals surface area (Å²) in [6.45, 7) is 0. The van der Waals surface area contributed by atoms with E-state index in [1.165, 1.54) is 11.3 Å². The summed E-state index contributed by atoms with van der Waals surface area (Å²) in [7, 11) is 0. The van der Waals surface area contributed by atoms with Gasteiger partial charge in [-0.2, -0.15) is 0 Å². The highest BCUT2D eigenvalue weighted by atomic mass is 79.9. The van der Waals surface area contributed by atoms with Gasteiger partial charge in [-0.05, 0) is 28.1 Å². The molecule has 0 atom stereocenters. The zero-order valence-corrected chi connectivity index (χ0v) is 9.72.